The minimum absolute atomic E-state index is 0.287. The van der Waals surface area contributed by atoms with E-state index in [-0.39, 0.29) is 4.90 Å². The summed E-state index contributed by atoms with van der Waals surface area (Å²) >= 11 is -2.16. The molecule has 0 aliphatic carbocycles. The van der Waals surface area contributed by atoms with Crippen molar-refractivity contribution >= 4 is 11.1 Å². The zero-order valence-corrected chi connectivity index (χ0v) is 8.61. The second-order valence-corrected chi connectivity index (χ2v) is 3.91. The van der Waals surface area contributed by atoms with Gasteiger partial charge in [-0.25, -0.2) is 0 Å². The maximum atomic E-state index is 10.6. The molecule has 1 aromatic heterocycles. The molecule has 0 saturated heterocycles. The van der Waals surface area contributed by atoms with Gasteiger partial charge in [-0.3, -0.25) is 9.19 Å². The molecule has 76 valence electrons. The zero-order valence-electron chi connectivity index (χ0n) is 7.79. The van der Waals surface area contributed by atoms with Crippen LogP contribution in [0.3, 0.4) is 0 Å². The normalized spacial score (nSPS) is 12.3. The van der Waals surface area contributed by atoms with Gasteiger partial charge in [0, 0.05) is 16.7 Å². The Balaban J connectivity index is 2.36. The van der Waals surface area contributed by atoms with Gasteiger partial charge in [0.15, 0.2) is 0 Å². The average Bonchev–Trinajstić information content (AvgIpc) is 2.30. The summed E-state index contributed by atoms with van der Waals surface area (Å²) in [6.07, 6.45) is 1.70. The van der Waals surface area contributed by atoms with E-state index in [9.17, 15) is 8.76 Å². The number of hydrogen-bond donors (Lipinski definition) is 0. The quantitative estimate of drug-likeness (QED) is 0.724. The van der Waals surface area contributed by atoms with Crippen LogP contribution in [0.15, 0.2) is 53.6 Å². The highest BCUT2D eigenvalue weighted by molar-refractivity contribution is 7.79. The van der Waals surface area contributed by atoms with Crippen LogP contribution in [-0.2, 0) is 11.1 Å². The van der Waals surface area contributed by atoms with Gasteiger partial charge in [-0.1, -0.05) is 18.2 Å². The topological polar surface area (TPSA) is 53.0 Å². The van der Waals surface area contributed by atoms with E-state index in [2.05, 4.69) is 4.98 Å². The first-order valence-electron chi connectivity index (χ1n) is 4.38. The second kappa shape index (κ2) is 4.33. The van der Waals surface area contributed by atoms with Gasteiger partial charge in [0.25, 0.3) is 0 Å². The molecule has 0 aliphatic rings. The van der Waals surface area contributed by atoms with E-state index >= 15 is 0 Å². The lowest BCUT2D eigenvalue weighted by Gasteiger charge is -2.05. The van der Waals surface area contributed by atoms with Crippen molar-refractivity contribution in [3.8, 4) is 11.3 Å². The summed E-state index contributed by atoms with van der Waals surface area (Å²) in [7, 11) is 0. The molecule has 15 heavy (non-hydrogen) atoms. The summed E-state index contributed by atoms with van der Waals surface area (Å²) in [6, 6.07) is 12.2. The average molecular weight is 218 g/mol. The summed E-state index contributed by atoms with van der Waals surface area (Å²) in [5.41, 5.74) is 1.74. The molecule has 0 radical (unpaired) electrons. The van der Waals surface area contributed by atoms with Crippen LogP contribution in [0.4, 0.5) is 0 Å². The van der Waals surface area contributed by atoms with Crippen molar-refractivity contribution < 1.29 is 8.76 Å². The number of rotatable bonds is 2. The molecule has 0 fully saturated rings. The van der Waals surface area contributed by atoms with Crippen LogP contribution >= 0.6 is 0 Å². The molecular formula is C11H8NO2S-. The molecule has 1 aromatic carbocycles. The molecule has 2 aromatic rings. The molecule has 0 spiro atoms. The molecular weight excluding hydrogens is 210 g/mol. The Kier molecular flexibility index (Phi) is 2.89. The monoisotopic (exact) mass is 218 g/mol. The summed E-state index contributed by atoms with van der Waals surface area (Å²) in [4.78, 5) is 4.46. The summed E-state index contributed by atoms with van der Waals surface area (Å²) < 4.78 is 21.3. The van der Waals surface area contributed by atoms with Crippen LogP contribution in [0, 0.1) is 0 Å². The van der Waals surface area contributed by atoms with E-state index in [1.807, 2.05) is 18.2 Å². The predicted octanol–water partition coefficient (Wildman–Crippen LogP) is 1.99. The molecule has 0 aliphatic heterocycles. The fourth-order valence-electron chi connectivity index (χ4n) is 1.27. The molecule has 0 saturated carbocycles. The molecule has 1 atom stereocenters. The lowest BCUT2D eigenvalue weighted by atomic mass is 10.1. The standard InChI is InChI=1S/C11H9NO2S/c13-15(14)10-6-4-9(5-7-10)11-3-1-2-8-12-11/h1-8H,(H,13,14)/p-1. The van der Waals surface area contributed by atoms with E-state index in [4.69, 9.17) is 0 Å². The molecule has 0 bridgehead atoms. The van der Waals surface area contributed by atoms with E-state index in [1.54, 1.807) is 30.5 Å². The Hall–Kier alpha value is -1.52. The molecule has 0 N–H and O–H groups in total. The smallest absolute Gasteiger partial charge is 0.0701 e. The Bertz CT molecular complexity index is 468. The maximum absolute atomic E-state index is 10.6. The maximum Gasteiger partial charge on any atom is 0.0701 e. The Labute approximate surface area is 90.1 Å². The SMILES string of the molecule is O=S([O-])c1ccc(-c2ccccn2)cc1. The number of aromatic nitrogens is 1. The molecule has 1 heterocycles. The van der Waals surface area contributed by atoms with Crippen molar-refractivity contribution in [1.29, 1.82) is 0 Å². The summed E-state index contributed by atoms with van der Waals surface area (Å²) in [6.45, 7) is 0. The van der Waals surface area contributed by atoms with Gasteiger partial charge >= 0.3 is 0 Å². The molecule has 4 heteroatoms. The highest BCUT2D eigenvalue weighted by Gasteiger charge is 1.98. The van der Waals surface area contributed by atoms with E-state index < -0.39 is 11.1 Å². The van der Waals surface area contributed by atoms with Crippen molar-refractivity contribution in [3.05, 3.63) is 48.7 Å². The highest BCUT2D eigenvalue weighted by atomic mass is 32.2. The minimum Gasteiger partial charge on any atom is -0.768 e. The molecule has 0 amide bonds. The van der Waals surface area contributed by atoms with E-state index in [0.717, 1.165) is 11.3 Å². The third-order valence-electron chi connectivity index (χ3n) is 2.01. The molecule has 2 rings (SSSR count). The minimum atomic E-state index is -2.16. The van der Waals surface area contributed by atoms with Crippen molar-refractivity contribution in [1.82, 2.24) is 4.98 Å². The number of hydrogen-bond acceptors (Lipinski definition) is 3. The van der Waals surface area contributed by atoms with Crippen LogP contribution in [0.25, 0.3) is 11.3 Å². The van der Waals surface area contributed by atoms with Crippen LogP contribution in [0.5, 0.6) is 0 Å². The van der Waals surface area contributed by atoms with Crippen LogP contribution in [0.2, 0.25) is 0 Å². The number of nitrogens with zero attached hydrogens (tertiary/aromatic N) is 1. The van der Waals surface area contributed by atoms with Gasteiger partial charge in [-0.2, -0.15) is 0 Å². The Morgan fingerprint density at radius 1 is 1.07 bits per heavy atom. The van der Waals surface area contributed by atoms with Crippen molar-refractivity contribution in [3.63, 3.8) is 0 Å². The predicted molar refractivity (Wildman–Crippen MR) is 56.9 cm³/mol. The lowest BCUT2D eigenvalue weighted by molar-refractivity contribution is 0.537. The summed E-state index contributed by atoms with van der Waals surface area (Å²) in [5, 5.41) is 0. The van der Waals surface area contributed by atoms with Gasteiger partial charge in [0.1, 0.15) is 0 Å². The molecule has 1 unspecified atom stereocenters. The van der Waals surface area contributed by atoms with Crippen LogP contribution < -0.4 is 0 Å². The van der Waals surface area contributed by atoms with E-state index in [0.29, 0.717) is 0 Å². The molecule has 3 nitrogen and oxygen atoms in total. The zero-order chi connectivity index (χ0) is 10.7. The van der Waals surface area contributed by atoms with E-state index in [1.165, 1.54) is 0 Å². The number of benzene rings is 1. The van der Waals surface area contributed by atoms with Gasteiger partial charge in [-0.05, 0) is 35.3 Å². The Morgan fingerprint density at radius 3 is 2.33 bits per heavy atom. The van der Waals surface area contributed by atoms with Gasteiger partial charge < -0.3 is 4.55 Å². The van der Waals surface area contributed by atoms with Crippen molar-refractivity contribution in [2.24, 2.45) is 0 Å². The first kappa shape index (κ1) is 10.0. The second-order valence-electron chi connectivity index (χ2n) is 2.97. The fourth-order valence-corrected chi connectivity index (χ4v) is 1.63. The fraction of sp³-hybridized carbons (Fsp3) is 0. The largest absolute Gasteiger partial charge is 0.768 e. The first-order chi connectivity index (χ1) is 7.27. The third kappa shape index (κ3) is 2.29. The van der Waals surface area contributed by atoms with Gasteiger partial charge in [0.05, 0.1) is 5.69 Å². The summed E-state index contributed by atoms with van der Waals surface area (Å²) in [5.74, 6) is 0. The van der Waals surface area contributed by atoms with Crippen LogP contribution in [-0.4, -0.2) is 13.7 Å². The highest BCUT2D eigenvalue weighted by Crippen LogP contribution is 2.17. The van der Waals surface area contributed by atoms with Crippen molar-refractivity contribution in [2.75, 3.05) is 0 Å². The first-order valence-corrected chi connectivity index (χ1v) is 5.45. The van der Waals surface area contributed by atoms with Crippen LogP contribution in [0.1, 0.15) is 0 Å². The third-order valence-corrected chi connectivity index (χ3v) is 2.66. The van der Waals surface area contributed by atoms with Gasteiger partial charge in [-0.15, -0.1) is 0 Å². The lowest BCUT2D eigenvalue weighted by Crippen LogP contribution is -1.88. The number of pyridine rings is 1. The Morgan fingerprint density at radius 2 is 1.80 bits per heavy atom. The van der Waals surface area contributed by atoms with Crippen molar-refractivity contribution in [2.45, 2.75) is 4.90 Å². The van der Waals surface area contributed by atoms with Gasteiger partial charge in [0.2, 0.25) is 0 Å².